The van der Waals surface area contributed by atoms with E-state index >= 15 is 0 Å². The second kappa shape index (κ2) is 10.7. The second-order valence-corrected chi connectivity index (χ2v) is 9.25. The van der Waals surface area contributed by atoms with Crippen LogP contribution in [0, 0.1) is 17.1 Å². The van der Waals surface area contributed by atoms with Crippen LogP contribution in [0.5, 0.6) is 0 Å². The molecular weight excluding hydrogens is 483 g/mol. The Balaban J connectivity index is 1.39. The molecule has 1 N–H and O–H groups in total. The summed E-state index contributed by atoms with van der Waals surface area (Å²) in [6.07, 6.45) is 2.42. The zero-order chi connectivity index (χ0) is 26.5. The normalized spacial score (nSPS) is 14.0. The first kappa shape index (κ1) is 25.0. The van der Waals surface area contributed by atoms with Crippen molar-refractivity contribution in [2.24, 2.45) is 0 Å². The summed E-state index contributed by atoms with van der Waals surface area (Å²) >= 11 is 0. The average Bonchev–Trinajstić information content (AvgIpc) is 3.59. The van der Waals surface area contributed by atoms with Crippen molar-refractivity contribution >= 4 is 17.8 Å². The highest BCUT2D eigenvalue weighted by Crippen LogP contribution is 2.44. The molecule has 4 aromatic rings. The Hall–Kier alpha value is -4.70. The molecule has 0 atom stereocenters. The molecule has 5 rings (SSSR count). The van der Waals surface area contributed by atoms with E-state index in [-0.39, 0.29) is 11.4 Å². The lowest BCUT2D eigenvalue weighted by atomic mass is 9.78. The number of furan rings is 1. The minimum absolute atomic E-state index is 0.0315. The number of amides is 1. The van der Waals surface area contributed by atoms with Crippen molar-refractivity contribution in [3.05, 3.63) is 102 Å². The van der Waals surface area contributed by atoms with Crippen LogP contribution in [-0.2, 0) is 19.7 Å². The number of ether oxygens (including phenoxy) is 1. The van der Waals surface area contributed by atoms with E-state index in [1.54, 1.807) is 18.2 Å². The van der Waals surface area contributed by atoms with Crippen molar-refractivity contribution < 1.29 is 23.1 Å². The van der Waals surface area contributed by atoms with Crippen molar-refractivity contribution in [3.63, 3.8) is 0 Å². The number of nitrogens with zero attached hydrogens (tertiary/aromatic N) is 1. The fraction of sp³-hybridized carbons (Fsp3) is 0.194. The third-order valence-electron chi connectivity index (χ3n) is 6.94. The molecule has 0 saturated heterocycles. The summed E-state index contributed by atoms with van der Waals surface area (Å²) in [5.41, 5.74) is 1.38. The summed E-state index contributed by atoms with van der Waals surface area (Å²) < 4.78 is 26.0. The molecule has 3 aromatic carbocycles. The van der Waals surface area contributed by atoms with E-state index in [1.165, 1.54) is 6.07 Å². The summed E-state index contributed by atoms with van der Waals surface area (Å²) in [5.74, 6) is -1.36. The Kier molecular flexibility index (Phi) is 7.05. The van der Waals surface area contributed by atoms with Gasteiger partial charge in [-0.2, -0.15) is 5.26 Å². The van der Waals surface area contributed by atoms with Gasteiger partial charge in [0.05, 0.1) is 5.41 Å². The van der Waals surface area contributed by atoms with Gasteiger partial charge < -0.3 is 9.15 Å². The van der Waals surface area contributed by atoms with Crippen LogP contribution in [0.25, 0.3) is 22.5 Å². The summed E-state index contributed by atoms with van der Waals surface area (Å²) in [5, 5.41) is 12.6. The Labute approximate surface area is 219 Å². The van der Waals surface area contributed by atoms with Crippen molar-refractivity contribution in [1.82, 2.24) is 0 Å². The predicted molar refractivity (Wildman–Crippen MR) is 140 cm³/mol. The Morgan fingerprint density at radius 1 is 0.921 bits per heavy atom. The zero-order valence-corrected chi connectivity index (χ0v) is 20.6. The van der Waals surface area contributed by atoms with Gasteiger partial charge >= 0.3 is 5.97 Å². The molecule has 1 fully saturated rings. The van der Waals surface area contributed by atoms with Crippen LogP contribution in [0.2, 0.25) is 0 Å². The van der Waals surface area contributed by atoms with Crippen LogP contribution in [0.3, 0.4) is 0 Å². The Bertz CT molecular complexity index is 1500. The summed E-state index contributed by atoms with van der Waals surface area (Å²) in [4.78, 5) is 26.1. The monoisotopic (exact) mass is 508 g/mol. The van der Waals surface area contributed by atoms with E-state index in [4.69, 9.17) is 9.15 Å². The standard InChI is InChI=1S/C31H25FN2O4/c32-25-16-8-7-15-24(25)31(17-9-10-18-31)30(36)37-20-26(35)34-29-23(19-33)27(21-11-3-1-4-12-21)28(38-29)22-13-5-2-6-14-22/h1-8,11-16H,9-10,17-18,20H2,(H,34,35). The average molecular weight is 509 g/mol. The van der Waals surface area contributed by atoms with Gasteiger partial charge in [0.1, 0.15) is 23.2 Å². The van der Waals surface area contributed by atoms with E-state index in [0.29, 0.717) is 29.7 Å². The third-order valence-corrected chi connectivity index (χ3v) is 6.94. The van der Waals surface area contributed by atoms with Gasteiger partial charge in [-0.25, -0.2) is 4.39 Å². The molecule has 1 amide bonds. The smallest absolute Gasteiger partial charge is 0.317 e. The number of anilines is 1. The van der Waals surface area contributed by atoms with Crippen LogP contribution in [0.15, 0.2) is 89.3 Å². The number of rotatable bonds is 7. The van der Waals surface area contributed by atoms with Crippen molar-refractivity contribution in [2.75, 3.05) is 11.9 Å². The van der Waals surface area contributed by atoms with E-state index in [0.717, 1.165) is 24.0 Å². The quantitative estimate of drug-likeness (QED) is 0.283. The Morgan fingerprint density at radius 2 is 1.53 bits per heavy atom. The number of hydrogen-bond donors (Lipinski definition) is 1. The maximum Gasteiger partial charge on any atom is 0.317 e. The van der Waals surface area contributed by atoms with Gasteiger partial charge in [-0.3, -0.25) is 14.9 Å². The maximum atomic E-state index is 14.6. The molecule has 0 bridgehead atoms. The molecule has 190 valence electrons. The van der Waals surface area contributed by atoms with Crippen molar-refractivity contribution in [3.8, 4) is 28.5 Å². The molecular formula is C31H25FN2O4. The first-order valence-corrected chi connectivity index (χ1v) is 12.4. The molecule has 0 radical (unpaired) electrons. The molecule has 0 unspecified atom stereocenters. The van der Waals surface area contributed by atoms with E-state index in [1.807, 2.05) is 60.7 Å². The summed E-state index contributed by atoms with van der Waals surface area (Å²) in [6.45, 7) is -0.595. The molecule has 1 aliphatic carbocycles. The van der Waals surface area contributed by atoms with Crippen LogP contribution in [0.1, 0.15) is 36.8 Å². The molecule has 0 spiro atoms. The zero-order valence-electron chi connectivity index (χ0n) is 20.6. The Morgan fingerprint density at radius 3 is 2.16 bits per heavy atom. The number of esters is 1. The fourth-order valence-corrected chi connectivity index (χ4v) is 5.14. The lowest BCUT2D eigenvalue weighted by Gasteiger charge is -2.27. The highest BCUT2D eigenvalue weighted by Gasteiger charge is 2.46. The SMILES string of the molecule is N#Cc1c(NC(=O)COC(=O)C2(c3ccccc3F)CCCC2)oc(-c2ccccc2)c1-c1ccccc1. The summed E-state index contributed by atoms with van der Waals surface area (Å²) in [6, 6.07) is 26.9. The van der Waals surface area contributed by atoms with Gasteiger partial charge in [0, 0.05) is 16.7 Å². The summed E-state index contributed by atoms with van der Waals surface area (Å²) in [7, 11) is 0. The molecule has 0 aliphatic heterocycles. The predicted octanol–water partition coefficient (Wildman–Crippen LogP) is 6.62. The van der Waals surface area contributed by atoms with E-state index in [9.17, 15) is 19.2 Å². The van der Waals surface area contributed by atoms with Gasteiger partial charge in [-0.05, 0) is 24.5 Å². The van der Waals surface area contributed by atoms with Gasteiger partial charge in [-0.1, -0.05) is 91.7 Å². The molecule has 7 heteroatoms. The highest BCUT2D eigenvalue weighted by atomic mass is 19.1. The molecule has 38 heavy (non-hydrogen) atoms. The highest BCUT2D eigenvalue weighted by molar-refractivity contribution is 5.97. The number of nitrogens with one attached hydrogen (secondary N) is 1. The van der Waals surface area contributed by atoms with Gasteiger partial charge in [0.2, 0.25) is 5.88 Å². The minimum Gasteiger partial charge on any atom is -0.455 e. The molecule has 6 nitrogen and oxygen atoms in total. The lowest BCUT2D eigenvalue weighted by Crippen LogP contribution is -2.37. The third kappa shape index (κ3) is 4.69. The van der Waals surface area contributed by atoms with Crippen LogP contribution in [-0.4, -0.2) is 18.5 Å². The van der Waals surface area contributed by atoms with Crippen molar-refractivity contribution in [1.29, 1.82) is 5.26 Å². The first-order chi connectivity index (χ1) is 18.5. The van der Waals surface area contributed by atoms with Gasteiger partial charge in [0.25, 0.3) is 5.91 Å². The van der Waals surface area contributed by atoms with Crippen LogP contribution in [0.4, 0.5) is 10.3 Å². The second-order valence-electron chi connectivity index (χ2n) is 9.25. The van der Waals surface area contributed by atoms with E-state index < -0.39 is 29.7 Å². The number of halogens is 1. The maximum absolute atomic E-state index is 14.6. The molecule has 1 saturated carbocycles. The van der Waals surface area contributed by atoms with Crippen molar-refractivity contribution in [2.45, 2.75) is 31.1 Å². The molecule has 1 aliphatic rings. The van der Waals surface area contributed by atoms with Gasteiger partial charge in [-0.15, -0.1) is 0 Å². The first-order valence-electron chi connectivity index (χ1n) is 12.4. The number of hydrogen-bond acceptors (Lipinski definition) is 5. The van der Waals surface area contributed by atoms with Gasteiger partial charge in [0.15, 0.2) is 6.61 Å². The number of carbonyl (C=O) groups is 2. The topological polar surface area (TPSA) is 92.3 Å². The number of nitriles is 1. The fourth-order valence-electron chi connectivity index (χ4n) is 5.14. The number of carbonyl (C=O) groups excluding carboxylic acids is 2. The van der Waals surface area contributed by atoms with Crippen LogP contribution >= 0.6 is 0 Å². The lowest BCUT2D eigenvalue weighted by molar-refractivity contribution is -0.153. The largest absolute Gasteiger partial charge is 0.455 e. The molecule has 1 aromatic heterocycles. The van der Waals surface area contributed by atoms with E-state index in [2.05, 4.69) is 11.4 Å². The minimum atomic E-state index is -1.12. The molecule has 1 heterocycles. The number of benzene rings is 3. The van der Waals surface area contributed by atoms with Crippen LogP contribution < -0.4 is 5.32 Å².